The number of aromatic nitrogens is 2. The molecule has 0 fully saturated rings. The smallest absolute Gasteiger partial charge is 0.261 e. The van der Waals surface area contributed by atoms with E-state index in [1.165, 1.54) is 18.3 Å². The zero-order valence-electron chi connectivity index (χ0n) is 12.6. The van der Waals surface area contributed by atoms with E-state index >= 15 is 0 Å². The molecule has 2 heterocycles. The first-order valence-electron chi connectivity index (χ1n) is 7.44. The normalized spacial score (nSPS) is 16.3. The fourth-order valence-corrected chi connectivity index (χ4v) is 3.03. The van der Waals surface area contributed by atoms with Crippen molar-refractivity contribution in [2.45, 2.75) is 25.3 Å². The summed E-state index contributed by atoms with van der Waals surface area (Å²) in [6, 6.07) is 4.19. The van der Waals surface area contributed by atoms with Gasteiger partial charge in [-0.25, -0.2) is 4.98 Å². The average molecular weight is 347 g/mol. The Kier molecular flexibility index (Phi) is 4.35. The van der Waals surface area contributed by atoms with Crippen LogP contribution in [-0.2, 0) is 6.42 Å². The number of aromatic amines is 1. The molecule has 24 heavy (non-hydrogen) atoms. The molecular weight excluding hydrogens is 332 g/mol. The number of nitrogens with two attached hydrogens (primary N) is 1. The van der Waals surface area contributed by atoms with Crippen molar-refractivity contribution in [1.29, 1.82) is 0 Å². The number of carbonyl (C=O) groups is 2. The largest absolute Gasteiger partial charge is 0.365 e. The molecule has 3 rings (SSSR count). The second-order valence-corrected chi connectivity index (χ2v) is 5.98. The van der Waals surface area contributed by atoms with E-state index < -0.39 is 11.5 Å². The Bertz CT molecular complexity index is 878. The molecule has 7 nitrogen and oxygen atoms in total. The predicted octanol–water partition coefficient (Wildman–Crippen LogP) is 1.33. The number of nitrogens with one attached hydrogen (secondary N) is 2. The summed E-state index contributed by atoms with van der Waals surface area (Å²) in [4.78, 5) is 42.2. The van der Waals surface area contributed by atoms with Crippen LogP contribution in [0.4, 0.5) is 0 Å². The van der Waals surface area contributed by atoms with Gasteiger partial charge in [0.15, 0.2) is 0 Å². The van der Waals surface area contributed by atoms with Crippen LogP contribution in [-0.4, -0.2) is 21.8 Å². The van der Waals surface area contributed by atoms with Gasteiger partial charge in [0.25, 0.3) is 17.4 Å². The summed E-state index contributed by atoms with van der Waals surface area (Å²) in [5.41, 5.74) is 6.44. The van der Waals surface area contributed by atoms with Crippen molar-refractivity contribution >= 4 is 23.4 Å². The molecular formula is C16H15ClN4O3. The highest BCUT2D eigenvalue weighted by Crippen LogP contribution is 2.28. The monoisotopic (exact) mass is 346 g/mol. The highest BCUT2D eigenvalue weighted by molar-refractivity contribution is 6.29. The third-order valence-electron chi connectivity index (χ3n) is 4.01. The molecule has 1 aliphatic carbocycles. The molecule has 0 saturated carbocycles. The Balaban J connectivity index is 1.92. The van der Waals surface area contributed by atoms with Crippen molar-refractivity contribution in [2.75, 3.05) is 0 Å². The van der Waals surface area contributed by atoms with Gasteiger partial charge in [-0.05, 0) is 43.0 Å². The molecule has 0 bridgehead atoms. The van der Waals surface area contributed by atoms with Crippen LogP contribution in [0, 0.1) is 0 Å². The number of amides is 2. The molecule has 124 valence electrons. The van der Waals surface area contributed by atoms with Crippen molar-refractivity contribution in [2.24, 2.45) is 5.73 Å². The number of nitrogens with zero attached hydrogens (tertiary/aromatic N) is 1. The maximum Gasteiger partial charge on any atom is 0.261 e. The third-order valence-corrected chi connectivity index (χ3v) is 4.22. The highest BCUT2D eigenvalue weighted by Gasteiger charge is 2.25. The van der Waals surface area contributed by atoms with E-state index in [0.717, 1.165) is 6.42 Å². The van der Waals surface area contributed by atoms with Crippen molar-refractivity contribution in [3.8, 4) is 0 Å². The second-order valence-electron chi connectivity index (χ2n) is 5.60. The fraction of sp³-hybridized carbons (Fsp3) is 0.250. The molecule has 0 aliphatic heterocycles. The summed E-state index contributed by atoms with van der Waals surface area (Å²) in [6.45, 7) is 0. The first-order valence-corrected chi connectivity index (χ1v) is 7.82. The number of carbonyl (C=O) groups excluding carboxylic acids is 2. The van der Waals surface area contributed by atoms with E-state index in [4.69, 9.17) is 17.3 Å². The van der Waals surface area contributed by atoms with Crippen LogP contribution in [0.5, 0.6) is 0 Å². The molecule has 0 radical (unpaired) electrons. The zero-order chi connectivity index (χ0) is 17.3. The van der Waals surface area contributed by atoms with E-state index in [9.17, 15) is 14.4 Å². The maximum atomic E-state index is 12.4. The van der Waals surface area contributed by atoms with Gasteiger partial charge >= 0.3 is 0 Å². The Labute approximate surface area is 142 Å². The molecule has 0 aromatic carbocycles. The standard InChI is InChI=1S/C16H15ClN4O3/c17-13-6-8(4-5-19-13)15(23)20-11-2-1-3-12-9(11)7-10(14(18)22)16(24)21-12/h4-7,11H,1-3H2,(H2,18,22)(H,20,23)(H,21,24). The van der Waals surface area contributed by atoms with E-state index in [2.05, 4.69) is 15.3 Å². The zero-order valence-corrected chi connectivity index (χ0v) is 13.4. The summed E-state index contributed by atoms with van der Waals surface area (Å²) < 4.78 is 0. The molecule has 2 amide bonds. The fourth-order valence-electron chi connectivity index (χ4n) is 2.86. The lowest BCUT2D eigenvalue weighted by Gasteiger charge is -2.26. The second kappa shape index (κ2) is 6.45. The lowest BCUT2D eigenvalue weighted by atomic mass is 9.90. The van der Waals surface area contributed by atoms with Gasteiger partial charge in [0.2, 0.25) is 0 Å². The maximum absolute atomic E-state index is 12.4. The van der Waals surface area contributed by atoms with Crippen molar-refractivity contribution in [3.63, 3.8) is 0 Å². The first kappa shape index (κ1) is 16.2. The van der Waals surface area contributed by atoms with Gasteiger partial charge in [-0.2, -0.15) is 0 Å². The van der Waals surface area contributed by atoms with Crippen LogP contribution >= 0.6 is 11.6 Å². The third kappa shape index (κ3) is 3.16. The van der Waals surface area contributed by atoms with Crippen LogP contribution in [0.3, 0.4) is 0 Å². The van der Waals surface area contributed by atoms with Crippen molar-refractivity contribution in [1.82, 2.24) is 15.3 Å². The number of hydrogen-bond donors (Lipinski definition) is 3. The quantitative estimate of drug-likeness (QED) is 0.726. The minimum atomic E-state index is -0.796. The minimum Gasteiger partial charge on any atom is -0.365 e. The number of rotatable bonds is 3. The van der Waals surface area contributed by atoms with Crippen LogP contribution in [0.25, 0.3) is 0 Å². The van der Waals surface area contributed by atoms with Crippen LogP contribution in [0.15, 0.2) is 29.2 Å². The minimum absolute atomic E-state index is 0.109. The molecule has 1 aliphatic rings. The van der Waals surface area contributed by atoms with Crippen LogP contribution in [0.1, 0.15) is 50.9 Å². The van der Waals surface area contributed by atoms with Crippen molar-refractivity contribution < 1.29 is 9.59 Å². The molecule has 1 unspecified atom stereocenters. The van der Waals surface area contributed by atoms with Crippen LogP contribution in [0.2, 0.25) is 5.15 Å². The van der Waals surface area contributed by atoms with Gasteiger partial charge in [-0.1, -0.05) is 11.6 Å². The Hall–Kier alpha value is -2.67. The van der Waals surface area contributed by atoms with Crippen LogP contribution < -0.4 is 16.6 Å². The predicted molar refractivity (Wildman–Crippen MR) is 88.0 cm³/mol. The molecule has 0 saturated heterocycles. The van der Waals surface area contributed by atoms with E-state index in [0.29, 0.717) is 29.7 Å². The van der Waals surface area contributed by atoms with E-state index in [1.807, 2.05) is 0 Å². The lowest BCUT2D eigenvalue weighted by molar-refractivity contribution is 0.0932. The Morgan fingerprint density at radius 3 is 2.88 bits per heavy atom. The lowest BCUT2D eigenvalue weighted by Crippen LogP contribution is -2.34. The molecule has 4 N–H and O–H groups in total. The van der Waals surface area contributed by atoms with Gasteiger partial charge < -0.3 is 16.0 Å². The highest BCUT2D eigenvalue weighted by atomic mass is 35.5. The number of pyridine rings is 2. The van der Waals surface area contributed by atoms with Gasteiger partial charge in [-0.3, -0.25) is 14.4 Å². The number of halogens is 1. The van der Waals surface area contributed by atoms with Gasteiger partial charge in [0.05, 0.1) is 6.04 Å². The van der Waals surface area contributed by atoms with Gasteiger partial charge in [0.1, 0.15) is 10.7 Å². The molecule has 2 aromatic rings. The number of H-pyrrole nitrogens is 1. The number of hydrogen-bond acceptors (Lipinski definition) is 4. The van der Waals surface area contributed by atoms with Gasteiger partial charge in [-0.15, -0.1) is 0 Å². The topological polar surface area (TPSA) is 118 Å². The Morgan fingerprint density at radius 2 is 2.17 bits per heavy atom. The van der Waals surface area contributed by atoms with E-state index in [-0.39, 0.29) is 22.7 Å². The molecule has 8 heteroatoms. The number of primary amides is 1. The molecule has 1 atom stereocenters. The summed E-state index contributed by atoms with van der Waals surface area (Å²) in [5, 5.41) is 3.13. The summed E-state index contributed by atoms with van der Waals surface area (Å²) in [5.74, 6) is -1.10. The van der Waals surface area contributed by atoms with Gasteiger partial charge in [0, 0.05) is 17.5 Å². The number of fused-ring (bicyclic) bond motifs is 1. The molecule has 0 spiro atoms. The summed E-state index contributed by atoms with van der Waals surface area (Å²) in [6.07, 6.45) is 3.63. The number of aryl methyl sites for hydroxylation is 1. The summed E-state index contributed by atoms with van der Waals surface area (Å²) >= 11 is 5.80. The average Bonchev–Trinajstić information content (AvgIpc) is 2.54. The summed E-state index contributed by atoms with van der Waals surface area (Å²) in [7, 11) is 0. The first-order chi connectivity index (χ1) is 11.5. The Morgan fingerprint density at radius 1 is 1.38 bits per heavy atom. The molecule has 2 aromatic heterocycles. The van der Waals surface area contributed by atoms with E-state index in [1.54, 1.807) is 6.07 Å². The SMILES string of the molecule is NC(=O)c1cc2c([nH]c1=O)CCCC2NC(=O)c1ccnc(Cl)c1. The van der Waals surface area contributed by atoms with Crippen molar-refractivity contribution in [3.05, 3.63) is 62.3 Å².